The zero-order chi connectivity index (χ0) is 23.9. The van der Waals surface area contributed by atoms with E-state index in [1.54, 1.807) is 0 Å². The quantitative estimate of drug-likeness (QED) is 0.298. The normalized spacial score (nSPS) is 22.9. The van der Waals surface area contributed by atoms with Crippen molar-refractivity contribution < 1.29 is 33.8 Å². The third kappa shape index (κ3) is 4.38. The molecule has 2 aromatic carbocycles. The molecule has 1 fully saturated rings. The van der Waals surface area contributed by atoms with Crippen LogP contribution in [0.2, 0.25) is 0 Å². The lowest BCUT2D eigenvalue weighted by atomic mass is 10.0. The predicted octanol–water partition coefficient (Wildman–Crippen LogP) is 1.89. The number of imidazole rings is 1. The van der Waals surface area contributed by atoms with Crippen molar-refractivity contribution in [3.63, 3.8) is 0 Å². The smallest absolute Gasteiger partial charge is 0.387 e. The van der Waals surface area contributed by atoms with Gasteiger partial charge in [0.2, 0.25) is 0 Å². The van der Waals surface area contributed by atoms with Crippen LogP contribution < -0.4 is 0 Å². The average Bonchev–Trinajstić information content (AvgIpc) is 3.39. The largest absolute Gasteiger partial charge is 0.469 e. The fourth-order valence-corrected chi connectivity index (χ4v) is 4.33. The number of benzene rings is 2. The Labute approximate surface area is 193 Å². The van der Waals surface area contributed by atoms with Gasteiger partial charge in [-0.1, -0.05) is 48.5 Å². The Morgan fingerprint density at radius 2 is 1.68 bits per heavy atom. The van der Waals surface area contributed by atoms with Crippen LogP contribution in [0.3, 0.4) is 0 Å². The van der Waals surface area contributed by atoms with Crippen LogP contribution >= 0.6 is 7.82 Å². The van der Waals surface area contributed by atoms with Crippen molar-refractivity contribution in [2.45, 2.75) is 24.5 Å². The van der Waals surface area contributed by atoms with Gasteiger partial charge in [-0.05, 0) is 17.2 Å². The van der Waals surface area contributed by atoms with Crippen LogP contribution in [-0.4, -0.2) is 64.4 Å². The van der Waals surface area contributed by atoms with Gasteiger partial charge in [-0.2, -0.15) is 0 Å². The molecule has 176 valence electrons. The first-order valence-corrected chi connectivity index (χ1v) is 11.9. The van der Waals surface area contributed by atoms with Crippen molar-refractivity contribution in [3.05, 3.63) is 67.3 Å². The van der Waals surface area contributed by atoms with Crippen molar-refractivity contribution >= 4 is 19.0 Å². The van der Waals surface area contributed by atoms with E-state index in [1.807, 2.05) is 54.6 Å². The van der Waals surface area contributed by atoms with Crippen LogP contribution in [0.25, 0.3) is 33.5 Å². The molecule has 2 aromatic heterocycles. The van der Waals surface area contributed by atoms with E-state index in [1.165, 1.54) is 17.2 Å². The number of ether oxygens (including phenoxy) is 1. The molecule has 0 unspecified atom stereocenters. The minimum atomic E-state index is -4.76. The molecule has 4 atom stereocenters. The Hall–Kier alpha value is -3.02. The number of aromatic nitrogens is 4. The van der Waals surface area contributed by atoms with Gasteiger partial charge in [-0.3, -0.25) is 9.09 Å². The second-order valence-corrected chi connectivity index (χ2v) is 9.07. The van der Waals surface area contributed by atoms with Gasteiger partial charge >= 0.3 is 7.82 Å². The first kappa shape index (κ1) is 22.8. The van der Waals surface area contributed by atoms with Crippen LogP contribution in [0.15, 0.2) is 67.3 Å². The molecular formula is C22H21N4O7P. The maximum atomic E-state index is 11.0. The van der Waals surface area contributed by atoms with E-state index in [0.29, 0.717) is 16.9 Å². The van der Waals surface area contributed by atoms with E-state index in [0.717, 1.165) is 16.7 Å². The molecule has 5 rings (SSSR count). The molecule has 4 N–H and O–H groups in total. The average molecular weight is 484 g/mol. The highest BCUT2D eigenvalue weighted by atomic mass is 31.2. The summed E-state index contributed by atoms with van der Waals surface area (Å²) in [5.74, 6) is 0. The van der Waals surface area contributed by atoms with Crippen molar-refractivity contribution in [3.8, 4) is 22.4 Å². The summed E-state index contributed by atoms with van der Waals surface area (Å²) in [6.45, 7) is -0.599. The van der Waals surface area contributed by atoms with Crippen molar-refractivity contribution in [1.29, 1.82) is 0 Å². The molecule has 3 heterocycles. The molecule has 1 aliphatic heterocycles. The number of phosphoric ester groups is 1. The zero-order valence-corrected chi connectivity index (χ0v) is 18.5. The van der Waals surface area contributed by atoms with Gasteiger partial charge in [-0.25, -0.2) is 19.5 Å². The molecule has 12 heteroatoms. The highest BCUT2D eigenvalue weighted by Crippen LogP contribution is 2.39. The van der Waals surface area contributed by atoms with Crippen LogP contribution in [0.4, 0.5) is 0 Å². The predicted molar refractivity (Wildman–Crippen MR) is 120 cm³/mol. The lowest BCUT2D eigenvalue weighted by Crippen LogP contribution is -2.33. The molecular weight excluding hydrogens is 463 g/mol. The second kappa shape index (κ2) is 8.97. The summed E-state index contributed by atoms with van der Waals surface area (Å²) in [4.78, 5) is 30.9. The Morgan fingerprint density at radius 3 is 2.44 bits per heavy atom. The van der Waals surface area contributed by atoms with Crippen LogP contribution in [0.1, 0.15) is 6.23 Å². The van der Waals surface area contributed by atoms with Crippen LogP contribution in [-0.2, 0) is 13.8 Å². The van der Waals surface area contributed by atoms with Crippen molar-refractivity contribution in [1.82, 2.24) is 19.5 Å². The summed E-state index contributed by atoms with van der Waals surface area (Å²) in [6, 6.07) is 17.7. The number of hydrogen-bond donors (Lipinski definition) is 4. The summed E-state index contributed by atoms with van der Waals surface area (Å²) >= 11 is 0. The first-order valence-electron chi connectivity index (χ1n) is 10.4. The lowest BCUT2D eigenvalue weighted by molar-refractivity contribution is -0.0504. The maximum Gasteiger partial charge on any atom is 0.469 e. The molecule has 1 saturated heterocycles. The summed E-state index contributed by atoms with van der Waals surface area (Å²) < 4.78 is 22.5. The SMILES string of the molecule is O=P(O)(O)OC[C@H]1O[C@@H](n2cnc3c(-c4cccc(-c5ccccc5)c4)ncnc32)[C@H](O)[C@H]1O. The van der Waals surface area contributed by atoms with Gasteiger partial charge in [0.1, 0.15) is 35.8 Å². The molecule has 0 bridgehead atoms. The number of aliphatic hydroxyl groups is 2. The lowest BCUT2D eigenvalue weighted by Gasteiger charge is -2.16. The third-order valence-corrected chi connectivity index (χ3v) is 6.11. The van der Waals surface area contributed by atoms with Gasteiger partial charge in [0.25, 0.3) is 0 Å². The Balaban J connectivity index is 1.48. The first-order chi connectivity index (χ1) is 16.3. The molecule has 0 aliphatic carbocycles. The summed E-state index contributed by atoms with van der Waals surface area (Å²) in [5.41, 5.74) is 4.29. The van der Waals surface area contributed by atoms with E-state index >= 15 is 0 Å². The van der Waals surface area contributed by atoms with E-state index in [2.05, 4.69) is 19.5 Å². The molecule has 0 radical (unpaired) electrons. The third-order valence-electron chi connectivity index (χ3n) is 5.62. The Morgan fingerprint density at radius 1 is 0.941 bits per heavy atom. The minimum Gasteiger partial charge on any atom is -0.387 e. The van der Waals surface area contributed by atoms with E-state index in [9.17, 15) is 14.8 Å². The number of rotatable bonds is 6. The second-order valence-electron chi connectivity index (χ2n) is 7.83. The molecule has 4 aromatic rings. The van der Waals surface area contributed by atoms with Crippen LogP contribution in [0.5, 0.6) is 0 Å². The fourth-order valence-electron chi connectivity index (χ4n) is 3.99. The standard InChI is InChI=1S/C22H21N4O7P/c27-19-16(10-32-34(29,30)31)33-22(20(19)28)26-12-25-18-17(23-11-24-21(18)26)15-8-4-7-14(9-15)13-5-2-1-3-6-13/h1-9,11-12,16,19-20,22,27-28H,10H2,(H2,29,30,31)/t16-,19+,20-,22-/m1/s1. The van der Waals surface area contributed by atoms with Crippen LogP contribution in [0, 0.1) is 0 Å². The van der Waals surface area contributed by atoms with Gasteiger partial charge in [-0.15, -0.1) is 0 Å². The number of aliphatic hydroxyl groups excluding tert-OH is 2. The summed E-state index contributed by atoms with van der Waals surface area (Å²) in [5, 5.41) is 20.8. The monoisotopic (exact) mass is 484 g/mol. The Kier molecular flexibility index (Phi) is 6.00. The number of phosphoric acid groups is 1. The van der Waals surface area contributed by atoms with Gasteiger partial charge in [0, 0.05) is 5.56 Å². The molecule has 1 aliphatic rings. The van der Waals surface area contributed by atoms with Gasteiger partial charge in [0.05, 0.1) is 12.9 Å². The highest BCUT2D eigenvalue weighted by molar-refractivity contribution is 7.46. The molecule has 0 amide bonds. The minimum absolute atomic E-state index is 0.364. The number of fused-ring (bicyclic) bond motifs is 1. The van der Waals surface area contributed by atoms with Crippen molar-refractivity contribution in [2.24, 2.45) is 0 Å². The van der Waals surface area contributed by atoms with Gasteiger partial charge in [0.15, 0.2) is 11.9 Å². The molecule has 11 nitrogen and oxygen atoms in total. The van der Waals surface area contributed by atoms with E-state index in [-0.39, 0.29) is 0 Å². The molecule has 34 heavy (non-hydrogen) atoms. The maximum absolute atomic E-state index is 11.0. The topological polar surface area (TPSA) is 160 Å². The van der Waals surface area contributed by atoms with E-state index < -0.39 is 39.0 Å². The number of hydrogen-bond acceptors (Lipinski definition) is 8. The summed E-state index contributed by atoms with van der Waals surface area (Å²) in [6.07, 6.45) is -2.30. The zero-order valence-electron chi connectivity index (χ0n) is 17.6. The highest BCUT2D eigenvalue weighted by Gasteiger charge is 2.45. The summed E-state index contributed by atoms with van der Waals surface area (Å²) in [7, 11) is -4.76. The van der Waals surface area contributed by atoms with Gasteiger partial charge < -0.3 is 24.7 Å². The molecule has 0 saturated carbocycles. The van der Waals surface area contributed by atoms with Crippen molar-refractivity contribution in [2.75, 3.05) is 6.61 Å². The molecule has 0 spiro atoms. The number of nitrogens with zero attached hydrogens (tertiary/aromatic N) is 4. The Bertz CT molecular complexity index is 1360. The fraction of sp³-hybridized carbons (Fsp3) is 0.227. The van der Waals surface area contributed by atoms with E-state index in [4.69, 9.17) is 14.5 Å².